The lowest BCUT2D eigenvalue weighted by Crippen LogP contribution is -2.20. The van der Waals surface area contributed by atoms with Gasteiger partial charge in [0, 0.05) is 16.6 Å². The van der Waals surface area contributed by atoms with Gasteiger partial charge in [0.2, 0.25) is 0 Å². The van der Waals surface area contributed by atoms with E-state index in [1.807, 2.05) is 19.9 Å². The van der Waals surface area contributed by atoms with Crippen LogP contribution in [0.15, 0.2) is 28.7 Å². The normalized spacial score (nSPS) is 10.4. The molecule has 0 aliphatic carbocycles. The average molecular weight is 367 g/mol. The number of nitrogens with two attached hydrogens (primary N) is 1. The number of rotatable bonds is 4. The van der Waals surface area contributed by atoms with Gasteiger partial charge in [0.05, 0.1) is 11.4 Å². The predicted octanol–water partition coefficient (Wildman–Crippen LogP) is 2.86. The van der Waals surface area contributed by atoms with Crippen molar-refractivity contribution in [1.29, 1.82) is 0 Å². The monoisotopic (exact) mass is 366 g/mol. The number of nitrogens with one attached hydrogen (secondary N) is 1. The highest BCUT2D eigenvalue weighted by Crippen LogP contribution is 2.22. The summed E-state index contributed by atoms with van der Waals surface area (Å²) >= 11 is 8.38. The van der Waals surface area contributed by atoms with Crippen molar-refractivity contribution in [3.8, 4) is 0 Å². The standard InChI is InChI=1S/C14H15BrN4OS/c1-3-19-12(6-8(2)18-19)14(20)17-11-7-9(15)4-5-10(11)13(16)21/h4-7H,3H2,1-2H3,(H2,16,21)(H,17,20). The van der Waals surface area contributed by atoms with Gasteiger partial charge in [-0.25, -0.2) is 0 Å². The number of carbonyl (C=O) groups is 1. The smallest absolute Gasteiger partial charge is 0.273 e. The quantitative estimate of drug-likeness (QED) is 0.816. The van der Waals surface area contributed by atoms with E-state index in [0.717, 1.165) is 10.2 Å². The Kier molecular flexibility index (Phi) is 4.74. The number of hydrogen-bond donors (Lipinski definition) is 2. The van der Waals surface area contributed by atoms with Crippen LogP contribution < -0.4 is 11.1 Å². The molecule has 5 nitrogen and oxygen atoms in total. The molecule has 0 radical (unpaired) electrons. The lowest BCUT2D eigenvalue weighted by atomic mass is 10.1. The molecule has 0 spiro atoms. The van der Waals surface area contributed by atoms with Crippen LogP contribution in [0.3, 0.4) is 0 Å². The SMILES string of the molecule is CCn1nc(C)cc1C(=O)Nc1cc(Br)ccc1C(N)=S. The van der Waals surface area contributed by atoms with Crippen LogP contribution in [-0.2, 0) is 6.54 Å². The zero-order valence-corrected chi connectivity index (χ0v) is 14.1. The molecule has 0 fully saturated rings. The summed E-state index contributed by atoms with van der Waals surface area (Å²) < 4.78 is 2.49. The highest BCUT2D eigenvalue weighted by molar-refractivity contribution is 9.10. The molecule has 1 amide bonds. The molecule has 2 rings (SSSR count). The van der Waals surface area contributed by atoms with E-state index in [9.17, 15) is 4.79 Å². The van der Waals surface area contributed by atoms with Crippen LogP contribution in [0.1, 0.15) is 28.7 Å². The molecule has 0 bridgehead atoms. The van der Waals surface area contributed by atoms with E-state index in [2.05, 4.69) is 26.3 Å². The number of halogens is 1. The first kappa shape index (κ1) is 15.7. The van der Waals surface area contributed by atoms with Crippen molar-refractivity contribution in [1.82, 2.24) is 9.78 Å². The van der Waals surface area contributed by atoms with Crippen molar-refractivity contribution >= 4 is 44.7 Å². The van der Waals surface area contributed by atoms with Gasteiger partial charge in [0.15, 0.2) is 0 Å². The van der Waals surface area contributed by atoms with Crippen LogP contribution >= 0.6 is 28.1 Å². The maximum absolute atomic E-state index is 12.4. The minimum atomic E-state index is -0.243. The lowest BCUT2D eigenvalue weighted by molar-refractivity contribution is 0.101. The van der Waals surface area contributed by atoms with Crippen LogP contribution in [0, 0.1) is 6.92 Å². The molecule has 110 valence electrons. The third-order valence-electron chi connectivity index (χ3n) is 2.93. The molecule has 0 atom stereocenters. The molecule has 7 heteroatoms. The molecule has 0 saturated carbocycles. The van der Waals surface area contributed by atoms with Gasteiger partial charge in [0.1, 0.15) is 10.7 Å². The Morgan fingerprint density at radius 3 is 2.81 bits per heavy atom. The van der Waals surface area contributed by atoms with E-state index < -0.39 is 0 Å². The molecule has 0 aliphatic heterocycles. The summed E-state index contributed by atoms with van der Waals surface area (Å²) in [6.45, 7) is 4.41. The number of aromatic nitrogens is 2. The van der Waals surface area contributed by atoms with Crippen molar-refractivity contribution < 1.29 is 4.79 Å². The first-order chi connectivity index (χ1) is 9.92. The van der Waals surface area contributed by atoms with E-state index >= 15 is 0 Å². The lowest BCUT2D eigenvalue weighted by Gasteiger charge is -2.11. The topological polar surface area (TPSA) is 72.9 Å². The highest BCUT2D eigenvalue weighted by Gasteiger charge is 2.15. The van der Waals surface area contributed by atoms with E-state index in [4.69, 9.17) is 18.0 Å². The van der Waals surface area contributed by atoms with Gasteiger partial charge in [0.25, 0.3) is 5.91 Å². The fourth-order valence-corrected chi connectivity index (χ4v) is 2.53. The van der Waals surface area contributed by atoms with E-state index in [0.29, 0.717) is 23.5 Å². The number of amides is 1. The van der Waals surface area contributed by atoms with Gasteiger partial charge in [-0.1, -0.05) is 28.1 Å². The van der Waals surface area contributed by atoms with Crippen molar-refractivity contribution in [2.75, 3.05) is 5.32 Å². The Morgan fingerprint density at radius 2 is 2.19 bits per heavy atom. The molecular formula is C14H15BrN4OS. The summed E-state index contributed by atoms with van der Waals surface area (Å²) in [6, 6.07) is 7.11. The zero-order valence-electron chi connectivity index (χ0n) is 11.7. The number of thiocarbonyl (C=S) groups is 1. The second-order valence-corrected chi connectivity index (χ2v) is 5.85. The second kappa shape index (κ2) is 6.36. The Labute approximate surface area is 136 Å². The minimum Gasteiger partial charge on any atom is -0.389 e. The molecule has 1 aromatic carbocycles. The summed E-state index contributed by atoms with van der Waals surface area (Å²) in [7, 11) is 0. The van der Waals surface area contributed by atoms with Crippen molar-refractivity contribution in [2.24, 2.45) is 5.73 Å². The van der Waals surface area contributed by atoms with Crippen LogP contribution in [0.25, 0.3) is 0 Å². The Hall–Kier alpha value is -1.73. The molecule has 0 aliphatic rings. The zero-order chi connectivity index (χ0) is 15.6. The maximum Gasteiger partial charge on any atom is 0.273 e. The maximum atomic E-state index is 12.4. The molecular weight excluding hydrogens is 352 g/mol. The number of aryl methyl sites for hydroxylation is 2. The number of nitrogens with zero attached hydrogens (tertiary/aromatic N) is 2. The second-order valence-electron chi connectivity index (χ2n) is 4.50. The number of anilines is 1. The third-order valence-corrected chi connectivity index (χ3v) is 3.64. The fourth-order valence-electron chi connectivity index (χ4n) is 1.99. The molecule has 1 heterocycles. The molecule has 0 unspecified atom stereocenters. The molecule has 21 heavy (non-hydrogen) atoms. The van der Waals surface area contributed by atoms with Crippen molar-refractivity contribution in [2.45, 2.75) is 20.4 Å². The largest absolute Gasteiger partial charge is 0.389 e. The predicted molar refractivity (Wildman–Crippen MR) is 90.6 cm³/mol. The summed E-state index contributed by atoms with van der Waals surface area (Å²) in [4.78, 5) is 12.7. The first-order valence-corrected chi connectivity index (χ1v) is 7.57. The first-order valence-electron chi connectivity index (χ1n) is 6.37. The van der Waals surface area contributed by atoms with Crippen LogP contribution in [0.5, 0.6) is 0 Å². The van der Waals surface area contributed by atoms with E-state index in [-0.39, 0.29) is 10.9 Å². The number of benzene rings is 1. The van der Waals surface area contributed by atoms with E-state index in [1.165, 1.54) is 0 Å². The Morgan fingerprint density at radius 1 is 1.48 bits per heavy atom. The highest BCUT2D eigenvalue weighted by atomic mass is 79.9. The van der Waals surface area contributed by atoms with Gasteiger partial charge in [-0.05, 0) is 38.1 Å². The van der Waals surface area contributed by atoms with Crippen LogP contribution in [0.2, 0.25) is 0 Å². The van der Waals surface area contributed by atoms with Gasteiger partial charge >= 0.3 is 0 Å². The molecule has 1 aromatic heterocycles. The molecule has 0 saturated heterocycles. The number of carbonyl (C=O) groups excluding carboxylic acids is 1. The van der Waals surface area contributed by atoms with Crippen LogP contribution in [0.4, 0.5) is 5.69 Å². The van der Waals surface area contributed by atoms with Gasteiger partial charge < -0.3 is 11.1 Å². The summed E-state index contributed by atoms with van der Waals surface area (Å²) in [5.41, 5.74) is 8.19. The summed E-state index contributed by atoms with van der Waals surface area (Å²) in [6.07, 6.45) is 0. The van der Waals surface area contributed by atoms with Gasteiger partial charge in [-0.15, -0.1) is 0 Å². The third kappa shape index (κ3) is 3.48. The molecule has 3 N–H and O–H groups in total. The minimum absolute atomic E-state index is 0.234. The number of hydrogen-bond acceptors (Lipinski definition) is 3. The summed E-state index contributed by atoms with van der Waals surface area (Å²) in [5, 5.41) is 7.10. The van der Waals surface area contributed by atoms with Gasteiger partial charge in [-0.2, -0.15) is 5.10 Å². The van der Waals surface area contributed by atoms with Crippen molar-refractivity contribution in [3.05, 3.63) is 45.7 Å². The Balaban J connectivity index is 2.35. The summed E-state index contributed by atoms with van der Waals surface area (Å²) in [5.74, 6) is -0.243. The van der Waals surface area contributed by atoms with Gasteiger partial charge in [-0.3, -0.25) is 9.48 Å². The van der Waals surface area contributed by atoms with Crippen LogP contribution in [-0.4, -0.2) is 20.7 Å². The fraction of sp³-hybridized carbons (Fsp3) is 0.214. The van der Waals surface area contributed by atoms with E-state index in [1.54, 1.807) is 22.9 Å². The Bertz CT molecular complexity index is 711. The van der Waals surface area contributed by atoms with Crippen molar-refractivity contribution in [3.63, 3.8) is 0 Å². The average Bonchev–Trinajstić information content (AvgIpc) is 2.79. The molecule has 2 aromatic rings.